The third kappa shape index (κ3) is 2.04. The average molecular weight is 267 g/mol. The quantitative estimate of drug-likeness (QED) is 0.784. The number of halogens is 1. The normalized spacial score (nSPS) is 10.5. The van der Waals surface area contributed by atoms with Crippen LogP contribution in [0.1, 0.15) is 5.56 Å². The summed E-state index contributed by atoms with van der Waals surface area (Å²) < 4.78 is 5.60. The molecule has 0 radical (unpaired) electrons. The molecule has 0 saturated heterocycles. The highest BCUT2D eigenvalue weighted by atomic mass is 79.9. The minimum Gasteiger partial charge on any atom is -0.663 e. The number of rotatable bonds is 2. The summed E-state index contributed by atoms with van der Waals surface area (Å²) >= 11 is 3.39. The Balaban J connectivity index is 2.43. The van der Waals surface area contributed by atoms with Crippen molar-refractivity contribution >= 4 is 32.8 Å². The number of ether oxygens (including phenoxy) is 1. The second-order valence-electron chi connectivity index (χ2n) is 3.20. The summed E-state index contributed by atoms with van der Waals surface area (Å²) in [4.78, 5) is 15.4. The number of nitrogens with zero attached hydrogens (tertiary/aromatic N) is 1. The molecule has 0 amide bonds. The first-order chi connectivity index (χ1) is 7.20. The van der Waals surface area contributed by atoms with Gasteiger partial charge in [-0.3, -0.25) is 4.79 Å². The lowest BCUT2D eigenvalue weighted by atomic mass is 10.1. The Labute approximate surface area is 95.6 Å². The largest absolute Gasteiger partial charge is 0.663 e. The maximum atomic E-state index is 11.1. The Bertz CT molecular complexity index is 504. The number of benzene rings is 1. The summed E-state index contributed by atoms with van der Waals surface area (Å²) in [6, 6.07) is 5.80. The van der Waals surface area contributed by atoms with E-state index in [9.17, 15) is 4.79 Å². The zero-order valence-corrected chi connectivity index (χ0v) is 9.74. The van der Waals surface area contributed by atoms with E-state index < -0.39 is 0 Å². The van der Waals surface area contributed by atoms with Gasteiger partial charge in [-0.25, -0.2) is 0 Å². The van der Waals surface area contributed by atoms with Crippen LogP contribution < -0.4 is 4.98 Å². The summed E-state index contributed by atoms with van der Waals surface area (Å²) in [5.41, 5.74) is 1.80. The third-order valence-corrected chi connectivity index (χ3v) is 2.72. The highest BCUT2D eigenvalue weighted by Gasteiger charge is 2.04. The van der Waals surface area contributed by atoms with Crippen molar-refractivity contribution in [2.45, 2.75) is 6.42 Å². The minimum atomic E-state index is -0.246. The van der Waals surface area contributed by atoms with E-state index in [2.05, 4.69) is 25.7 Å². The summed E-state index contributed by atoms with van der Waals surface area (Å²) in [5, 5.41) is 0.995. The zero-order chi connectivity index (χ0) is 10.8. The van der Waals surface area contributed by atoms with Crippen molar-refractivity contribution in [2.24, 2.45) is 0 Å². The molecule has 3 nitrogen and oxygen atoms in total. The van der Waals surface area contributed by atoms with E-state index in [1.807, 2.05) is 18.2 Å². The van der Waals surface area contributed by atoms with E-state index in [0.29, 0.717) is 0 Å². The van der Waals surface area contributed by atoms with Gasteiger partial charge < -0.3 is 9.72 Å². The molecule has 0 N–H and O–H groups in total. The third-order valence-electron chi connectivity index (χ3n) is 2.23. The lowest BCUT2D eigenvalue weighted by molar-refractivity contribution is -0.139. The van der Waals surface area contributed by atoms with Gasteiger partial charge >= 0.3 is 5.97 Å². The average Bonchev–Trinajstić information content (AvgIpc) is 2.61. The maximum absolute atomic E-state index is 11.1. The standard InChI is InChI=1S/C11H9BrNO2/c1-15-11(14)4-7-6-13-10-3-2-8(12)5-9(7)10/h2-3,5-6H,4H2,1H3/q-1. The number of hydrogen-bond acceptors (Lipinski definition) is 2. The highest BCUT2D eigenvalue weighted by molar-refractivity contribution is 9.10. The van der Waals surface area contributed by atoms with Gasteiger partial charge in [0.2, 0.25) is 0 Å². The van der Waals surface area contributed by atoms with Crippen molar-refractivity contribution in [1.29, 1.82) is 0 Å². The molecule has 0 bridgehead atoms. The van der Waals surface area contributed by atoms with Gasteiger partial charge in [0.25, 0.3) is 0 Å². The summed E-state index contributed by atoms with van der Waals surface area (Å²) in [7, 11) is 1.39. The molecule has 0 aliphatic heterocycles. The van der Waals surface area contributed by atoms with Crippen molar-refractivity contribution in [2.75, 3.05) is 7.11 Å². The number of fused-ring (bicyclic) bond motifs is 1. The number of carbonyl (C=O) groups is 1. The second kappa shape index (κ2) is 4.06. The minimum absolute atomic E-state index is 0.246. The van der Waals surface area contributed by atoms with Crippen LogP contribution >= 0.6 is 15.9 Å². The van der Waals surface area contributed by atoms with Crippen LogP contribution in [0.2, 0.25) is 0 Å². The Hall–Kier alpha value is -1.29. The SMILES string of the molecule is COC(=O)Cc1c[n-]c2ccc(Br)cc12. The van der Waals surface area contributed by atoms with Crippen LogP contribution in [0.15, 0.2) is 28.9 Å². The van der Waals surface area contributed by atoms with E-state index in [1.165, 1.54) is 7.11 Å². The van der Waals surface area contributed by atoms with Crippen LogP contribution in [-0.2, 0) is 16.0 Å². The number of carbonyl (C=O) groups excluding carboxylic acids is 1. The lowest BCUT2D eigenvalue weighted by Gasteiger charge is -2.01. The van der Waals surface area contributed by atoms with Gasteiger partial charge in [0, 0.05) is 4.47 Å². The Kier molecular flexibility index (Phi) is 2.77. The van der Waals surface area contributed by atoms with Gasteiger partial charge in [0.15, 0.2) is 0 Å². The fourth-order valence-corrected chi connectivity index (χ4v) is 1.82. The summed E-state index contributed by atoms with van der Waals surface area (Å²) in [6.45, 7) is 0. The van der Waals surface area contributed by atoms with Crippen molar-refractivity contribution < 1.29 is 9.53 Å². The van der Waals surface area contributed by atoms with Crippen LogP contribution in [-0.4, -0.2) is 13.1 Å². The first kappa shape index (κ1) is 10.2. The number of methoxy groups -OCH3 is 1. The fraction of sp³-hybridized carbons (Fsp3) is 0.182. The molecule has 4 heteroatoms. The number of hydrogen-bond donors (Lipinski definition) is 0. The number of esters is 1. The first-order valence-corrected chi connectivity index (χ1v) is 5.26. The molecule has 0 aliphatic carbocycles. The van der Waals surface area contributed by atoms with E-state index in [0.717, 1.165) is 20.9 Å². The lowest BCUT2D eigenvalue weighted by Crippen LogP contribution is -2.03. The smallest absolute Gasteiger partial charge is 0.309 e. The topological polar surface area (TPSA) is 40.4 Å². The molecular weight excluding hydrogens is 258 g/mol. The molecule has 2 aromatic rings. The predicted molar refractivity (Wildman–Crippen MR) is 60.7 cm³/mol. The van der Waals surface area contributed by atoms with E-state index in [4.69, 9.17) is 0 Å². The molecule has 0 atom stereocenters. The van der Waals surface area contributed by atoms with Crippen LogP contribution in [0.3, 0.4) is 0 Å². The van der Waals surface area contributed by atoms with Crippen LogP contribution in [0.4, 0.5) is 0 Å². The van der Waals surface area contributed by atoms with E-state index in [1.54, 1.807) is 6.20 Å². The van der Waals surface area contributed by atoms with Gasteiger partial charge in [-0.05, 0) is 17.5 Å². The Morgan fingerprint density at radius 2 is 2.33 bits per heavy atom. The summed E-state index contributed by atoms with van der Waals surface area (Å²) in [5.74, 6) is -0.246. The maximum Gasteiger partial charge on any atom is 0.309 e. The molecule has 0 spiro atoms. The number of aromatic nitrogens is 1. The molecule has 0 fully saturated rings. The van der Waals surface area contributed by atoms with Crippen molar-refractivity contribution in [3.05, 3.63) is 34.4 Å². The zero-order valence-electron chi connectivity index (χ0n) is 8.16. The van der Waals surface area contributed by atoms with Crippen LogP contribution in [0, 0.1) is 0 Å². The molecule has 0 unspecified atom stereocenters. The molecule has 1 aromatic carbocycles. The molecule has 78 valence electrons. The van der Waals surface area contributed by atoms with Crippen LogP contribution in [0.5, 0.6) is 0 Å². The highest BCUT2D eigenvalue weighted by Crippen LogP contribution is 2.22. The Morgan fingerprint density at radius 1 is 1.53 bits per heavy atom. The first-order valence-electron chi connectivity index (χ1n) is 4.47. The van der Waals surface area contributed by atoms with Gasteiger partial charge in [-0.2, -0.15) is 6.20 Å². The molecule has 1 aromatic heterocycles. The van der Waals surface area contributed by atoms with Gasteiger partial charge in [0.1, 0.15) is 0 Å². The second-order valence-corrected chi connectivity index (χ2v) is 4.11. The molecule has 0 saturated carbocycles. The summed E-state index contributed by atoms with van der Waals surface area (Å²) in [6.07, 6.45) is 1.98. The monoisotopic (exact) mass is 266 g/mol. The van der Waals surface area contributed by atoms with Gasteiger partial charge in [-0.1, -0.05) is 27.6 Å². The van der Waals surface area contributed by atoms with E-state index >= 15 is 0 Å². The fourth-order valence-electron chi connectivity index (χ4n) is 1.46. The van der Waals surface area contributed by atoms with Crippen molar-refractivity contribution in [3.63, 3.8) is 0 Å². The van der Waals surface area contributed by atoms with E-state index in [-0.39, 0.29) is 12.4 Å². The van der Waals surface area contributed by atoms with Gasteiger partial charge in [-0.15, -0.1) is 5.52 Å². The molecule has 15 heavy (non-hydrogen) atoms. The van der Waals surface area contributed by atoms with Gasteiger partial charge in [0.05, 0.1) is 13.5 Å². The Morgan fingerprint density at radius 3 is 3.07 bits per heavy atom. The van der Waals surface area contributed by atoms with Crippen LogP contribution in [0.25, 0.3) is 10.9 Å². The molecule has 0 aliphatic rings. The van der Waals surface area contributed by atoms with Crippen molar-refractivity contribution in [3.8, 4) is 0 Å². The molecular formula is C11H9BrNO2-. The molecule has 2 rings (SSSR count). The van der Waals surface area contributed by atoms with Crippen molar-refractivity contribution in [1.82, 2.24) is 4.98 Å². The predicted octanol–water partition coefficient (Wildman–Crippen LogP) is 2.28. The molecule has 1 heterocycles.